The first kappa shape index (κ1) is 17.6. The van der Waals surface area contributed by atoms with E-state index in [0.717, 1.165) is 5.56 Å². The molecule has 0 saturated carbocycles. The average molecular weight is 365 g/mol. The van der Waals surface area contributed by atoms with Crippen LogP contribution < -0.4 is 0 Å². The maximum Gasteiger partial charge on any atom is 0.272 e. The summed E-state index contributed by atoms with van der Waals surface area (Å²) in [5.74, 6) is -0.500. The second kappa shape index (κ2) is 6.59. The summed E-state index contributed by atoms with van der Waals surface area (Å²) in [6.45, 7) is 0.821. The van der Waals surface area contributed by atoms with E-state index in [4.69, 9.17) is 0 Å². The van der Waals surface area contributed by atoms with Gasteiger partial charge in [0.05, 0.1) is 10.9 Å². The van der Waals surface area contributed by atoms with Crippen LogP contribution in [0.25, 0.3) is 11.3 Å². The van der Waals surface area contributed by atoms with E-state index < -0.39 is 9.84 Å². The third-order valence-electron chi connectivity index (χ3n) is 4.57. The Morgan fingerprint density at radius 1 is 1.20 bits per heavy atom. The quantitative estimate of drug-likeness (QED) is 0.833. The Morgan fingerprint density at radius 3 is 2.36 bits per heavy atom. The summed E-state index contributed by atoms with van der Waals surface area (Å²) in [5.41, 5.74) is 1.75. The van der Waals surface area contributed by atoms with Crippen molar-refractivity contribution in [2.45, 2.75) is 18.1 Å². The summed E-state index contributed by atoms with van der Waals surface area (Å²) in [4.78, 5) is 14.4. The van der Waals surface area contributed by atoms with Crippen LogP contribution in [0.15, 0.2) is 30.3 Å². The normalized spacial score (nSPS) is 16.2. The predicted octanol–water partition coefficient (Wildman–Crippen LogP) is 1.88. The van der Waals surface area contributed by atoms with E-state index in [9.17, 15) is 17.6 Å². The van der Waals surface area contributed by atoms with Crippen molar-refractivity contribution in [3.63, 3.8) is 0 Å². The Bertz CT molecular complexity index is 882. The monoisotopic (exact) mass is 365 g/mol. The van der Waals surface area contributed by atoms with Crippen LogP contribution in [-0.4, -0.2) is 53.6 Å². The maximum absolute atomic E-state index is 13.0. The molecule has 1 saturated heterocycles. The molecule has 1 amide bonds. The van der Waals surface area contributed by atoms with Gasteiger partial charge in [0.25, 0.3) is 5.91 Å². The summed E-state index contributed by atoms with van der Waals surface area (Å²) in [6.07, 6.45) is 2.14. The number of likely N-dealkylation sites (tertiary alicyclic amines) is 1. The smallest absolute Gasteiger partial charge is 0.272 e. The maximum atomic E-state index is 13.0. The van der Waals surface area contributed by atoms with Gasteiger partial charge in [-0.05, 0) is 43.2 Å². The number of aromatic nitrogens is 2. The molecule has 3 rings (SSSR count). The molecule has 1 aromatic heterocycles. The zero-order valence-corrected chi connectivity index (χ0v) is 15.0. The molecule has 0 unspecified atom stereocenters. The van der Waals surface area contributed by atoms with Crippen molar-refractivity contribution in [3.05, 3.63) is 41.8 Å². The van der Waals surface area contributed by atoms with Crippen molar-refractivity contribution in [3.8, 4) is 11.3 Å². The van der Waals surface area contributed by atoms with Crippen LogP contribution in [0, 0.1) is 5.82 Å². The van der Waals surface area contributed by atoms with Crippen LogP contribution in [0.4, 0.5) is 4.39 Å². The lowest BCUT2D eigenvalue weighted by Gasteiger charge is -2.31. The Hall–Kier alpha value is -2.22. The van der Waals surface area contributed by atoms with Crippen LogP contribution >= 0.6 is 0 Å². The molecule has 0 spiro atoms. The molecule has 0 N–H and O–H groups in total. The molecule has 2 aromatic rings. The lowest BCUT2D eigenvalue weighted by molar-refractivity contribution is 0.0714. The van der Waals surface area contributed by atoms with Gasteiger partial charge in [-0.15, -0.1) is 0 Å². The summed E-state index contributed by atoms with van der Waals surface area (Å²) in [6, 6.07) is 7.61. The van der Waals surface area contributed by atoms with Gasteiger partial charge in [0, 0.05) is 32.0 Å². The third-order valence-corrected chi connectivity index (χ3v) is 6.26. The van der Waals surface area contributed by atoms with E-state index in [1.54, 1.807) is 30.1 Å². The standard InChI is InChI=1S/C17H20FN3O3S/c1-20-16(11-15(19-20)12-3-5-13(18)6-4-12)17(22)21-9-7-14(8-10-21)25(2,23)24/h3-6,11,14H,7-10H2,1-2H3. The fourth-order valence-electron chi connectivity index (χ4n) is 3.08. The van der Waals surface area contributed by atoms with Crippen molar-refractivity contribution < 1.29 is 17.6 Å². The first-order valence-corrected chi connectivity index (χ1v) is 9.99. The Labute approximate surface area is 146 Å². The Morgan fingerprint density at radius 2 is 1.80 bits per heavy atom. The van der Waals surface area contributed by atoms with E-state index >= 15 is 0 Å². The summed E-state index contributed by atoms with van der Waals surface area (Å²) < 4.78 is 37.8. The van der Waals surface area contributed by atoms with Crippen LogP contribution in [-0.2, 0) is 16.9 Å². The highest BCUT2D eigenvalue weighted by molar-refractivity contribution is 7.91. The van der Waals surface area contributed by atoms with Crippen LogP contribution in [0.2, 0.25) is 0 Å². The minimum Gasteiger partial charge on any atom is -0.337 e. The number of sulfone groups is 1. The summed E-state index contributed by atoms with van der Waals surface area (Å²) >= 11 is 0. The van der Waals surface area contributed by atoms with Gasteiger partial charge in [0.1, 0.15) is 21.3 Å². The molecule has 8 heteroatoms. The molecule has 25 heavy (non-hydrogen) atoms. The minimum absolute atomic E-state index is 0.171. The number of hydrogen-bond donors (Lipinski definition) is 0. The van der Waals surface area contributed by atoms with Gasteiger partial charge >= 0.3 is 0 Å². The van der Waals surface area contributed by atoms with Crippen LogP contribution in [0.5, 0.6) is 0 Å². The Balaban J connectivity index is 1.76. The number of halogens is 1. The third kappa shape index (κ3) is 3.73. The molecule has 2 heterocycles. The van der Waals surface area contributed by atoms with Gasteiger partial charge in [0.15, 0.2) is 0 Å². The second-order valence-electron chi connectivity index (χ2n) is 6.37. The highest BCUT2D eigenvalue weighted by Gasteiger charge is 2.30. The van der Waals surface area contributed by atoms with E-state index in [-0.39, 0.29) is 17.0 Å². The Kier molecular flexibility index (Phi) is 4.64. The van der Waals surface area contributed by atoms with Gasteiger partial charge < -0.3 is 4.90 Å². The second-order valence-corrected chi connectivity index (χ2v) is 8.69. The number of rotatable bonds is 3. The molecule has 0 bridgehead atoms. The molecular weight excluding hydrogens is 345 g/mol. The molecular formula is C17H20FN3O3S. The highest BCUT2D eigenvalue weighted by atomic mass is 32.2. The zero-order chi connectivity index (χ0) is 18.2. The fraction of sp³-hybridized carbons (Fsp3) is 0.412. The molecule has 0 radical (unpaired) electrons. The zero-order valence-electron chi connectivity index (χ0n) is 14.1. The lowest BCUT2D eigenvalue weighted by atomic mass is 10.1. The molecule has 1 aromatic carbocycles. The number of carbonyl (C=O) groups is 1. The largest absolute Gasteiger partial charge is 0.337 e. The van der Waals surface area contributed by atoms with Crippen molar-refractivity contribution >= 4 is 15.7 Å². The van der Waals surface area contributed by atoms with E-state index in [2.05, 4.69) is 5.10 Å². The first-order chi connectivity index (χ1) is 11.8. The fourth-order valence-corrected chi connectivity index (χ4v) is 4.15. The number of amides is 1. The van der Waals surface area contributed by atoms with Crippen LogP contribution in [0.1, 0.15) is 23.3 Å². The number of benzene rings is 1. The van der Waals surface area contributed by atoms with Crippen molar-refractivity contribution in [2.75, 3.05) is 19.3 Å². The molecule has 134 valence electrons. The predicted molar refractivity (Wildman–Crippen MR) is 92.4 cm³/mol. The summed E-state index contributed by atoms with van der Waals surface area (Å²) in [7, 11) is -1.39. The van der Waals surface area contributed by atoms with Gasteiger partial charge in [-0.25, -0.2) is 12.8 Å². The molecule has 0 aliphatic carbocycles. The van der Waals surface area contributed by atoms with Crippen molar-refractivity contribution in [1.29, 1.82) is 0 Å². The molecule has 6 nitrogen and oxygen atoms in total. The number of nitrogens with zero attached hydrogens (tertiary/aromatic N) is 3. The molecule has 1 aliphatic rings. The van der Waals surface area contributed by atoms with Gasteiger partial charge in [-0.3, -0.25) is 9.48 Å². The van der Waals surface area contributed by atoms with E-state index in [0.29, 0.717) is 37.3 Å². The van der Waals surface area contributed by atoms with Crippen molar-refractivity contribution in [1.82, 2.24) is 14.7 Å². The van der Waals surface area contributed by atoms with E-state index in [1.165, 1.54) is 23.1 Å². The molecule has 1 fully saturated rings. The SMILES string of the molecule is Cn1nc(-c2ccc(F)cc2)cc1C(=O)N1CCC(S(C)(=O)=O)CC1. The number of hydrogen-bond acceptors (Lipinski definition) is 4. The van der Waals surface area contributed by atoms with Crippen molar-refractivity contribution in [2.24, 2.45) is 7.05 Å². The molecule has 0 atom stereocenters. The van der Waals surface area contributed by atoms with Gasteiger partial charge in [0.2, 0.25) is 0 Å². The number of aryl methyl sites for hydroxylation is 1. The minimum atomic E-state index is -3.07. The highest BCUT2D eigenvalue weighted by Crippen LogP contribution is 2.22. The average Bonchev–Trinajstić information content (AvgIpc) is 2.96. The first-order valence-electron chi connectivity index (χ1n) is 8.04. The van der Waals surface area contributed by atoms with Gasteiger partial charge in [-0.2, -0.15) is 5.10 Å². The lowest BCUT2D eigenvalue weighted by Crippen LogP contribution is -2.42. The molecule has 1 aliphatic heterocycles. The van der Waals surface area contributed by atoms with Gasteiger partial charge in [-0.1, -0.05) is 0 Å². The number of carbonyl (C=O) groups excluding carboxylic acids is 1. The topological polar surface area (TPSA) is 72.3 Å². The van der Waals surface area contributed by atoms with E-state index in [1.807, 2.05) is 0 Å². The van der Waals surface area contributed by atoms with Crippen LogP contribution in [0.3, 0.4) is 0 Å². The summed E-state index contributed by atoms with van der Waals surface area (Å²) in [5, 5.41) is 3.95. The number of piperidine rings is 1.